The van der Waals surface area contributed by atoms with Gasteiger partial charge in [0.1, 0.15) is 5.75 Å². The quantitative estimate of drug-likeness (QED) is 0.723. The topological polar surface area (TPSA) is 75.7 Å². The minimum absolute atomic E-state index is 0.126. The molecule has 0 saturated carbocycles. The normalized spacial score (nSPS) is 17.7. The maximum atomic E-state index is 12.8. The van der Waals surface area contributed by atoms with E-state index in [1.165, 1.54) is 4.31 Å². The van der Waals surface area contributed by atoms with E-state index in [1.54, 1.807) is 31.4 Å². The molecule has 1 aliphatic heterocycles. The number of sulfonamides is 1. The summed E-state index contributed by atoms with van der Waals surface area (Å²) in [4.78, 5) is 12.6. The number of halogens is 1. The molecule has 0 spiro atoms. The second-order valence-corrected chi connectivity index (χ2v) is 9.49. The number of benzene rings is 2. The summed E-state index contributed by atoms with van der Waals surface area (Å²) in [6.07, 6.45) is 1.33. The van der Waals surface area contributed by atoms with Crippen LogP contribution in [0.2, 0.25) is 5.02 Å². The average molecular weight is 437 g/mol. The van der Waals surface area contributed by atoms with Crippen LogP contribution in [0.4, 0.5) is 0 Å². The van der Waals surface area contributed by atoms with Crippen LogP contribution in [0.15, 0.2) is 48.5 Å². The van der Waals surface area contributed by atoms with Gasteiger partial charge in [-0.05, 0) is 42.2 Å². The van der Waals surface area contributed by atoms with Crippen molar-refractivity contribution in [1.29, 1.82) is 0 Å². The molecule has 2 aromatic rings. The molecule has 29 heavy (non-hydrogen) atoms. The van der Waals surface area contributed by atoms with Gasteiger partial charge in [-0.1, -0.05) is 41.9 Å². The van der Waals surface area contributed by atoms with Crippen molar-refractivity contribution >= 4 is 27.5 Å². The molecule has 1 heterocycles. The van der Waals surface area contributed by atoms with E-state index in [-0.39, 0.29) is 24.1 Å². The molecule has 0 aliphatic carbocycles. The summed E-state index contributed by atoms with van der Waals surface area (Å²) < 4.78 is 32.2. The van der Waals surface area contributed by atoms with Gasteiger partial charge in [0.05, 0.1) is 18.8 Å². The maximum Gasteiger partial charge on any atom is 0.224 e. The van der Waals surface area contributed by atoms with E-state index in [2.05, 4.69) is 5.32 Å². The van der Waals surface area contributed by atoms with Crippen molar-refractivity contribution in [3.8, 4) is 5.75 Å². The van der Waals surface area contributed by atoms with Gasteiger partial charge in [-0.15, -0.1) is 0 Å². The molecule has 6 nitrogen and oxygen atoms in total. The largest absolute Gasteiger partial charge is 0.497 e. The molecular formula is C21H25ClN2O4S. The third-order valence-electron chi connectivity index (χ3n) is 5.07. The highest BCUT2D eigenvalue weighted by atomic mass is 35.5. The minimum atomic E-state index is -3.55. The molecule has 2 aromatic carbocycles. The molecule has 1 fully saturated rings. The summed E-state index contributed by atoms with van der Waals surface area (Å²) >= 11 is 6.11. The predicted molar refractivity (Wildman–Crippen MR) is 113 cm³/mol. The van der Waals surface area contributed by atoms with Gasteiger partial charge in [-0.3, -0.25) is 4.79 Å². The van der Waals surface area contributed by atoms with Gasteiger partial charge in [0.2, 0.25) is 15.9 Å². The smallest absolute Gasteiger partial charge is 0.224 e. The van der Waals surface area contributed by atoms with Crippen molar-refractivity contribution in [2.24, 2.45) is 5.92 Å². The molecule has 156 valence electrons. The van der Waals surface area contributed by atoms with Crippen molar-refractivity contribution in [3.05, 3.63) is 64.7 Å². The van der Waals surface area contributed by atoms with E-state index < -0.39 is 10.0 Å². The van der Waals surface area contributed by atoms with Crippen LogP contribution < -0.4 is 10.1 Å². The van der Waals surface area contributed by atoms with Crippen LogP contribution in [-0.4, -0.2) is 38.8 Å². The van der Waals surface area contributed by atoms with Crippen LogP contribution in [0.5, 0.6) is 5.75 Å². The number of carbonyl (C=O) groups is 1. The Labute approximate surface area is 176 Å². The lowest BCUT2D eigenvalue weighted by Crippen LogP contribution is -2.45. The van der Waals surface area contributed by atoms with Crippen molar-refractivity contribution in [2.75, 3.05) is 20.2 Å². The zero-order valence-corrected chi connectivity index (χ0v) is 17.9. The number of rotatable bonds is 7. The Morgan fingerprint density at radius 3 is 2.62 bits per heavy atom. The van der Waals surface area contributed by atoms with Crippen molar-refractivity contribution in [2.45, 2.75) is 25.1 Å². The molecule has 0 unspecified atom stereocenters. The van der Waals surface area contributed by atoms with Gasteiger partial charge in [-0.2, -0.15) is 0 Å². The first-order valence-corrected chi connectivity index (χ1v) is 11.5. The van der Waals surface area contributed by atoms with Gasteiger partial charge in [-0.25, -0.2) is 12.7 Å². The Morgan fingerprint density at radius 1 is 1.21 bits per heavy atom. The molecular weight excluding hydrogens is 412 g/mol. The highest BCUT2D eigenvalue weighted by Gasteiger charge is 2.32. The fourth-order valence-corrected chi connectivity index (χ4v) is 5.31. The summed E-state index contributed by atoms with van der Waals surface area (Å²) in [5, 5.41) is 3.35. The van der Waals surface area contributed by atoms with Crippen molar-refractivity contribution < 1.29 is 17.9 Å². The third kappa shape index (κ3) is 5.72. The lowest BCUT2D eigenvalue weighted by Gasteiger charge is -2.31. The monoisotopic (exact) mass is 436 g/mol. The Hall–Kier alpha value is -2.09. The van der Waals surface area contributed by atoms with E-state index in [0.29, 0.717) is 36.5 Å². The molecule has 0 aromatic heterocycles. The zero-order chi connectivity index (χ0) is 20.9. The molecule has 1 N–H and O–H groups in total. The number of hydrogen-bond donors (Lipinski definition) is 1. The highest BCUT2D eigenvalue weighted by Crippen LogP contribution is 2.24. The first-order chi connectivity index (χ1) is 13.9. The van der Waals surface area contributed by atoms with Gasteiger partial charge >= 0.3 is 0 Å². The lowest BCUT2D eigenvalue weighted by molar-refractivity contribution is -0.126. The van der Waals surface area contributed by atoms with Gasteiger partial charge in [0.25, 0.3) is 0 Å². The SMILES string of the molecule is COc1ccc(CNC(=O)[C@@H]2CCCN(S(=O)(=O)Cc3ccccc3Cl)C2)cc1. The molecule has 1 aliphatic rings. The number of amides is 1. The molecule has 0 bridgehead atoms. The Morgan fingerprint density at radius 2 is 1.93 bits per heavy atom. The number of nitrogens with zero attached hydrogens (tertiary/aromatic N) is 1. The van der Waals surface area contributed by atoms with Crippen LogP contribution in [0.25, 0.3) is 0 Å². The fourth-order valence-electron chi connectivity index (χ4n) is 3.39. The van der Waals surface area contributed by atoms with Crippen LogP contribution in [0.3, 0.4) is 0 Å². The summed E-state index contributed by atoms with van der Waals surface area (Å²) in [5.74, 6) is 0.112. The summed E-state index contributed by atoms with van der Waals surface area (Å²) in [7, 11) is -1.94. The van der Waals surface area contributed by atoms with E-state index in [4.69, 9.17) is 16.3 Å². The fraction of sp³-hybridized carbons (Fsp3) is 0.381. The van der Waals surface area contributed by atoms with E-state index in [0.717, 1.165) is 11.3 Å². The Balaban J connectivity index is 1.58. The van der Waals surface area contributed by atoms with Gasteiger partial charge in [0.15, 0.2) is 0 Å². The van der Waals surface area contributed by atoms with Gasteiger partial charge < -0.3 is 10.1 Å². The van der Waals surface area contributed by atoms with E-state index >= 15 is 0 Å². The Bertz CT molecular complexity index is 947. The van der Waals surface area contributed by atoms with Crippen molar-refractivity contribution in [1.82, 2.24) is 9.62 Å². The van der Waals surface area contributed by atoms with Crippen LogP contribution in [0, 0.1) is 5.92 Å². The highest BCUT2D eigenvalue weighted by molar-refractivity contribution is 7.88. The van der Waals surface area contributed by atoms with Crippen LogP contribution in [0.1, 0.15) is 24.0 Å². The molecule has 1 saturated heterocycles. The first kappa shape index (κ1) is 21.6. The second-order valence-electron chi connectivity index (χ2n) is 7.11. The second kappa shape index (κ2) is 9.61. The molecule has 8 heteroatoms. The van der Waals surface area contributed by atoms with Gasteiger partial charge in [0, 0.05) is 24.7 Å². The minimum Gasteiger partial charge on any atom is -0.497 e. The predicted octanol–water partition coefficient (Wildman–Crippen LogP) is 3.21. The molecule has 1 amide bonds. The Kier molecular flexibility index (Phi) is 7.16. The molecule has 3 rings (SSSR count). The molecule has 0 radical (unpaired) electrons. The zero-order valence-electron chi connectivity index (χ0n) is 16.3. The number of methoxy groups -OCH3 is 1. The maximum absolute atomic E-state index is 12.8. The van der Waals surface area contributed by atoms with E-state index in [1.807, 2.05) is 24.3 Å². The average Bonchev–Trinajstić information content (AvgIpc) is 2.74. The molecule has 1 atom stereocenters. The summed E-state index contributed by atoms with van der Waals surface area (Å²) in [6.45, 7) is 1.02. The standard InChI is InChI=1S/C21H25ClN2O4S/c1-28-19-10-8-16(9-11-19)13-23-21(25)17-6-4-12-24(14-17)29(26,27)15-18-5-2-3-7-20(18)22/h2-3,5,7-11,17H,4,6,12-15H2,1H3,(H,23,25)/t17-/m1/s1. The number of carbonyl (C=O) groups excluding carboxylic acids is 1. The number of ether oxygens (including phenoxy) is 1. The van der Waals surface area contributed by atoms with Crippen molar-refractivity contribution in [3.63, 3.8) is 0 Å². The van der Waals surface area contributed by atoms with E-state index in [9.17, 15) is 13.2 Å². The van der Waals surface area contributed by atoms with Crippen LogP contribution >= 0.6 is 11.6 Å². The lowest BCUT2D eigenvalue weighted by atomic mass is 9.99. The summed E-state index contributed by atoms with van der Waals surface area (Å²) in [5.41, 5.74) is 1.53. The number of hydrogen-bond acceptors (Lipinski definition) is 4. The number of nitrogens with one attached hydrogen (secondary N) is 1. The number of piperidine rings is 1. The first-order valence-electron chi connectivity index (χ1n) is 9.51. The van der Waals surface area contributed by atoms with Crippen LogP contribution in [-0.2, 0) is 27.1 Å². The summed E-state index contributed by atoms with van der Waals surface area (Å²) in [6, 6.07) is 14.4. The third-order valence-corrected chi connectivity index (χ3v) is 7.23.